The number of esters is 1. The number of amides is 2. The number of rotatable bonds is 2. The lowest BCUT2D eigenvalue weighted by molar-refractivity contribution is 0.0594. The molecule has 9 nitrogen and oxygen atoms in total. The lowest BCUT2D eigenvalue weighted by atomic mass is 10.1. The molecule has 2 amide bonds. The van der Waals surface area contributed by atoms with E-state index in [9.17, 15) is 14.4 Å². The minimum absolute atomic E-state index is 0.0936. The molecule has 2 aliphatic heterocycles. The normalized spacial score (nSPS) is 17.3. The summed E-state index contributed by atoms with van der Waals surface area (Å²) in [4.78, 5) is 45.4. The van der Waals surface area contributed by atoms with E-state index in [1.807, 2.05) is 0 Å². The lowest BCUT2D eigenvalue weighted by Crippen LogP contribution is -2.49. The second kappa shape index (κ2) is 6.93. The number of nitrogens with zero attached hydrogens (tertiary/aromatic N) is 4. The molecule has 146 valence electrons. The van der Waals surface area contributed by atoms with Gasteiger partial charge < -0.3 is 19.5 Å². The molecule has 0 aromatic carbocycles. The first-order chi connectivity index (χ1) is 13.4. The van der Waals surface area contributed by atoms with Gasteiger partial charge in [0, 0.05) is 30.8 Å². The number of halogens is 1. The summed E-state index contributed by atoms with van der Waals surface area (Å²) in [6, 6.07) is 4.36. The van der Waals surface area contributed by atoms with Gasteiger partial charge in [0.25, 0.3) is 5.56 Å². The van der Waals surface area contributed by atoms with Crippen molar-refractivity contribution in [1.82, 2.24) is 9.55 Å². The van der Waals surface area contributed by atoms with Crippen molar-refractivity contribution in [3.05, 3.63) is 44.9 Å². The third-order valence-electron chi connectivity index (χ3n) is 4.96. The Balaban J connectivity index is 1.73. The van der Waals surface area contributed by atoms with E-state index in [-0.39, 0.29) is 23.0 Å². The number of hydrogen-bond acceptors (Lipinski definition) is 6. The Bertz CT molecular complexity index is 1040. The number of aryl methyl sites for hydroxylation is 1. The highest BCUT2D eigenvalue weighted by atomic mass is 79.9. The highest BCUT2D eigenvalue weighted by Crippen LogP contribution is 2.39. The van der Waals surface area contributed by atoms with Gasteiger partial charge in [-0.2, -0.15) is 0 Å². The van der Waals surface area contributed by atoms with Crippen molar-refractivity contribution in [3.63, 3.8) is 0 Å². The monoisotopic (exact) mass is 447 g/mol. The molecule has 2 aromatic heterocycles. The molecule has 1 atom stereocenters. The van der Waals surface area contributed by atoms with Gasteiger partial charge in [-0.15, -0.1) is 0 Å². The van der Waals surface area contributed by atoms with Crippen LogP contribution in [-0.4, -0.2) is 47.8 Å². The van der Waals surface area contributed by atoms with Gasteiger partial charge >= 0.3 is 12.0 Å². The molecule has 0 saturated carbocycles. The van der Waals surface area contributed by atoms with E-state index in [1.54, 1.807) is 31.4 Å². The predicted octanol–water partition coefficient (Wildman–Crippen LogP) is 1.96. The molecule has 4 heterocycles. The van der Waals surface area contributed by atoms with Crippen molar-refractivity contribution < 1.29 is 14.3 Å². The maximum atomic E-state index is 13.1. The third-order valence-corrected chi connectivity index (χ3v) is 5.39. The molecule has 2 aromatic rings. The maximum Gasteiger partial charge on any atom is 0.356 e. The molecule has 28 heavy (non-hydrogen) atoms. The average molecular weight is 448 g/mol. The van der Waals surface area contributed by atoms with Crippen LogP contribution in [0.25, 0.3) is 0 Å². The Labute approximate surface area is 169 Å². The van der Waals surface area contributed by atoms with E-state index >= 15 is 0 Å². The van der Waals surface area contributed by atoms with E-state index in [2.05, 4.69) is 31.1 Å². The van der Waals surface area contributed by atoms with Crippen molar-refractivity contribution in [3.8, 4) is 0 Å². The smallest absolute Gasteiger partial charge is 0.356 e. The van der Waals surface area contributed by atoms with Crippen molar-refractivity contribution >= 4 is 45.1 Å². The van der Waals surface area contributed by atoms with Crippen LogP contribution in [0.5, 0.6) is 0 Å². The number of fused-ring (bicyclic) bond motifs is 4. The van der Waals surface area contributed by atoms with Crippen molar-refractivity contribution in [2.75, 3.05) is 35.3 Å². The third kappa shape index (κ3) is 3.03. The van der Waals surface area contributed by atoms with Gasteiger partial charge in [0.2, 0.25) is 0 Å². The van der Waals surface area contributed by atoms with Crippen molar-refractivity contribution in [2.24, 2.45) is 7.05 Å². The van der Waals surface area contributed by atoms with Crippen LogP contribution in [0.2, 0.25) is 0 Å². The maximum absolute atomic E-state index is 13.1. The fourth-order valence-electron chi connectivity index (χ4n) is 3.63. The van der Waals surface area contributed by atoms with Crippen LogP contribution in [0.1, 0.15) is 16.9 Å². The quantitative estimate of drug-likeness (QED) is 0.706. The summed E-state index contributed by atoms with van der Waals surface area (Å²) in [6.07, 6.45) is 2.39. The second-order valence-electron chi connectivity index (χ2n) is 6.71. The molecule has 0 spiro atoms. The largest absolute Gasteiger partial charge is 0.464 e. The SMILES string of the molecule is COC(=O)c1ccc2c(n1)N(C(=O)Nc1cc(Br)cn(C)c1=O)[C@H]1CCN2C1. The molecule has 1 saturated heterocycles. The zero-order chi connectivity index (χ0) is 20.0. The van der Waals surface area contributed by atoms with Gasteiger partial charge in [-0.05, 0) is 40.5 Å². The summed E-state index contributed by atoms with van der Waals surface area (Å²) in [7, 11) is 2.89. The van der Waals surface area contributed by atoms with Crippen LogP contribution < -0.4 is 20.7 Å². The molecule has 1 fully saturated rings. The molecule has 4 rings (SSSR count). The second-order valence-corrected chi connectivity index (χ2v) is 7.62. The number of urea groups is 1. The number of aromatic nitrogens is 2. The van der Waals surface area contributed by atoms with Crippen molar-refractivity contribution in [1.29, 1.82) is 0 Å². The number of methoxy groups -OCH3 is 1. The molecule has 0 unspecified atom stereocenters. The van der Waals surface area contributed by atoms with Crippen LogP contribution in [0, 0.1) is 0 Å². The minimum Gasteiger partial charge on any atom is -0.464 e. The van der Waals surface area contributed by atoms with Crippen LogP contribution in [-0.2, 0) is 11.8 Å². The Morgan fingerprint density at radius 1 is 1.36 bits per heavy atom. The van der Waals surface area contributed by atoms with Crippen molar-refractivity contribution in [2.45, 2.75) is 12.5 Å². The van der Waals surface area contributed by atoms with Crippen LogP contribution in [0.4, 0.5) is 22.0 Å². The molecular formula is C18H18BrN5O4. The highest BCUT2D eigenvalue weighted by molar-refractivity contribution is 9.10. The van der Waals surface area contributed by atoms with E-state index in [0.717, 1.165) is 18.7 Å². The van der Waals surface area contributed by atoms with Crippen LogP contribution in [0.15, 0.2) is 33.7 Å². The number of carbonyl (C=O) groups excluding carboxylic acids is 2. The standard InChI is InChI=1S/C18H18BrN5O4/c1-22-8-10(19)7-13(16(22)25)21-18(27)24-11-5-6-23(9-11)14-4-3-12(17(26)28-2)20-15(14)24/h3-4,7-8,11H,5-6,9H2,1-2H3,(H,21,27)/t11-/m0/s1. The summed E-state index contributed by atoms with van der Waals surface area (Å²) in [5.41, 5.74) is 0.740. The number of anilines is 3. The minimum atomic E-state index is -0.572. The number of carbonyl (C=O) groups is 2. The molecule has 2 bridgehead atoms. The topological polar surface area (TPSA) is 96.8 Å². The van der Waals surface area contributed by atoms with E-state index < -0.39 is 12.0 Å². The first-order valence-corrected chi connectivity index (χ1v) is 9.49. The number of nitrogens with one attached hydrogen (secondary N) is 1. The molecule has 2 aliphatic rings. The Morgan fingerprint density at radius 3 is 2.89 bits per heavy atom. The van der Waals surface area contributed by atoms with Gasteiger partial charge in [-0.25, -0.2) is 14.6 Å². The summed E-state index contributed by atoms with van der Waals surface area (Å²) in [6.45, 7) is 1.47. The summed E-state index contributed by atoms with van der Waals surface area (Å²) >= 11 is 3.33. The van der Waals surface area contributed by atoms with E-state index in [0.29, 0.717) is 16.8 Å². The number of pyridine rings is 2. The fraction of sp³-hybridized carbons (Fsp3) is 0.333. The van der Waals surface area contributed by atoms with Crippen LogP contribution >= 0.6 is 15.9 Å². The summed E-state index contributed by atoms with van der Waals surface area (Å²) < 4.78 is 6.80. The van der Waals surface area contributed by atoms with Gasteiger partial charge in [0.05, 0.1) is 18.8 Å². The Morgan fingerprint density at radius 2 is 2.14 bits per heavy atom. The highest BCUT2D eigenvalue weighted by Gasteiger charge is 2.40. The molecule has 0 aliphatic carbocycles. The van der Waals surface area contributed by atoms with Gasteiger partial charge in [0.1, 0.15) is 5.69 Å². The Hall–Kier alpha value is -2.88. The Kier molecular flexibility index (Phi) is 4.58. The first kappa shape index (κ1) is 18.5. The lowest BCUT2D eigenvalue weighted by Gasteiger charge is -2.35. The summed E-state index contributed by atoms with van der Waals surface area (Å²) in [5.74, 6) is -0.182. The van der Waals surface area contributed by atoms with Gasteiger partial charge in [-0.3, -0.25) is 9.69 Å². The fourth-order valence-corrected chi connectivity index (χ4v) is 4.16. The molecular weight excluding hydrogens is 430 g/mol. The zero-order valence-corrected chi connectivity index (χ0v) is 16.9. The van der Waals surface area contributed by atoms with Gasteiger partial charge in [0.15, 0.2) is 11.5 Å². The van der Waals surface area contributed by atoms with Crippen LogP contribution in [0.3, 0.4) is 0 Å². The molecule has 1 N–H and O–H groups in total. The molecule has 10 heteroatoms. The van der Waals surface area contributed by atoms with E-state index in [4.69, 9.17) is 4.74 Å². The number of ether oxygens (including phenoxy) is 1. The average Bonchev–Trinajstić information content (AvgIpc) is 3.09. The summed E-state index contributed by atoms with van der Waals surface area (Å²) in [5, 5.41) is 2.70. The predicted molar refractivity (Wildman–Crippen MR) is 107 cm³/mol. The zero-order valence-electron chi connectivity index (χ0n) is 15.3. The molecule has 0 radical (unpaired) electrons. The number of hydrogen-bond donors (Lipinski definition) is 1. The first-order valence-electron chi connectivity index (χ1n) is 8.69. The van der Waals surface area contributed by atoms with E-state index in [1.165, 1.54) is 16.6 Å². The van der Waals surface area contributed by atoms with Gasteiger partial charge in [-0.1, -0.05) is 0 Å².